The fraction of sp³-hybridized carbons (Fsp3) is 0.571. The molecule has 1 aromatic rings. The second kappa shape index (κ2) is 5.83. The summed E-state index contributed by atoms with van der Waals surface area (Å²) < 4.78 is 1.12. The Labute approximate surface area is 107 Å². The maximum atomic E-state index is 6.21. The molecule has 88 valence electrons. The molecule has 1 aliphatic rings. The Morgan fingerprint density at radius 2 is 1.81 bits per heavy atom. The van der Waals surface area contributed by atoms with Gasteiger partial charge in [-0.25, -0.2) is 0 Å². The summed E-state index contributed by atoms with van der Waals surface area (Å²) in [5.74, 6) is 0.946. The summed E-state index contributed by atoms with van der Waals surface area (Å²) in [7, 11) is 0. The Morgan fingerprint density at radius 3 is 2.44 bits per heavy atom. The van der Waals surface area contributed by atoms with E-state index < -0.39 is 0 Å². The molecule has 0 aliphatic heterocycles. The van der Waals surface area contributed by atoms with Crippen molar-refractivity contribution in [2.75, 3.05) is 0 Å². The van der Waals surface area contributed by atoms with Gasteiger partial charge in [-0.05, 0) is 36.5 Å². The fourth-order valence-electron chi connectivity index (χ4n) is 2.59. The summed E-state index contributed by atoms with van der Waals surface area (Å²) >= 11 is 3.45. The molecule has 0 spiro atoms. The Hall–Kier alpha value is -0.340. The first-order chi connectivity index (χ1) is 7.75. The molecule has 0 amide bonds. The predicted octanol–water partition coefficient (Wildman–Crippen LogP) is 4.42. The van der Waals surface area contributed by atoms with Gasteiger partial charge in [-0.2, -0.15) is 0 Å². The Kier molecular flexibility index (Phi) is 4.42. The van der Waals surface area contributed by atoms with Gasteiger partial charge >= 0.3 is 0 Å². The molecule has 0 radical (unpaired) electrons. The Bertz CT molecular complexity index is 314. The second-order valence-electron chi connectivity index (χ2n) is 4.89. The quantitative estimate of drug-likeness (QED) is 0.869. The van der Waals surface area contributed by atoms with Crippen molar-refractivity contribution in [3.63, 3.8) is 0 Å². The van der Waals surface area contributed by atoms with Gasteiger partial charge in [-0.1, -0.05) is 53.7 Å². The molecular formula is C14H20BrN. The molecule has 2 N–H and O–H groups in total. The van der Waals surface area contributed by atoms with Gasteiger partial charge in [-0.3, -0.25) is 0 Å². The van der Waals surface area contributed by atoms with E-state index in [4.69, 9.17) is 5.73 Å². The maximum absolute atomic E-state index is 6.21. The zero-order valence-electron chi connectivity index (χ0n) is 9.66. The highest BCUT2D eigenvalue weighted by Gasteiger charge is 2.16. The van der Waals surface area contributed by atoms with Crippen molar-refractivity contribution in [1.82, 2.24) is 0 Å². The van der Waals surface area contributed by atoms with Gasteiger partial charge < -0.3 is 5.73 Å². The van der Waals surface area contributed by atoms with E-state index in [1.165, 1.54) is 37.7 Å². The molecule has 1 unspecified atom stereocenters. The summed E-state index contributed by atoms with van der Waals surface area (Å²) in [6, 6.07) is 8.62. The molecule has 1 fully saturated rings. The molecule has 0 saturated heterocycles. The summed E-state index contributed by atoms with van der Waals surface area (Å²) in [4.78, 5) is 0. The second-order valence-corrected chi connectivity index (χ2v) is 5.80. The highest BCUT2D eigenvalue weighted by molar-refractivity contribution is 9.10. The smallest absolute Gasteiger partial charge is 0.0294 e. The lowest BCUT2D eigenvalue weighted by atomic mass is 9.95. The molecule has 1 aliphatic carbocycles. The standard InChI is InChI=1S/C14H20BrN/c15-13-8-6-12(7-9-13)14(16)10-5-11-3-1-2-4-11/h6-9,11,14H,1-5,10,16H2. The van der Waals surface area contributed by atoms with Crippen LogP contribution in [0.15, 0.2) is 28.7 Å². The average molecular weight is 282 g/mol. The monoisotopic (exact) mass is 281 g/mol. The van der Waals surface area contributed by atoms with E-state index in [9.17, 15) is 0 Å². The van der Waals surface area contributed by atoms with Crippen molar-refractivity contribution in [1.29, 1.82) is 0 Å². The maximum Gasteiger partial charge on any atom is 0.0294 e. The number of hydrogen-bond donors (Lipinski definition) is 1. The van der Waals surface area contributed by atoms with E-state index in [-0.39, 0.29) is 6.04 Å². The minimum absolute atomic E-state index is 0.216. The molecule has 0 aromatic heterocycles. The van der Waals surface area contributed by atoms with Crippen LogP contribution in [0.2, 0.25) is 0 Å². The fourth-order valence-corrected chi connectivity index (χ4v) is 2.86. The number of halogens is 1. The van der Waals surface area contributed by atoms with Crippen LogP contribution in [0.5, 0.6) is 0 Å². The zero-order valence-corrected chi connectivity index (χ0v) is 11.2. The molecule has 1 saturated carbocycles. The molecule has 1 atom stereocenters. The third-order valence-corrected chi connectivity index (χ3v) is 4.19. The van der Waals surface area contributed by atoms with Gasteiger partial charge in [0.25, 0.3) is 0 Å². The number of nitrogens with two attached hydrogens (primary N) is 1. The van der Waals surface area contributed by atoms with Crippen molar-refractivity contribution >= 4 is 15.9 Å². The van der Waals surface area contributed by atoms with E-state index >= 15 is 0 Å². The van der Waals surface area contributed by atoms with Gasteiger partial charge in [0, 0.05) is 10.5 Å². The molecule has 16 heavy (non-hydrogen) atoms. The van der Waals surface area contributed by atoms with Gasteiger partial charge in [0.15, 0.2) is 0 Å². The lowest BCUT2D eigenvalue weighted by Gasteiger charge is -2.15. The van der Waals surface area contributed by atoms with Crippen molar-refractivity contribution in [2.45, 2.75) is 44.6 Å². The van der Waals surface area contributed by atoms with Crippen LogP contribution in [-0.4, -0.2) is 0 Å². The molecule has 0 bridgehead atoms. The SMILES string of the molecule is NC(CCC1CCCC1)c1ccc(Br)cc1. The topological polar surface area (TPSA) is 26.0 Å². The molecule has 2 rings (SSSR count). The average Bonchev–Trinajstić information content (AvgIpc) is 2.80. The van der Waals surface area contributed by atoms with Gasteiger partial charge in [-0.15, -0.1) is 0 Å². The van der Waals surface area contributed by atoms with E-state index in [0.29, 0.717) is 0 Å². The van der Waals surface area contributed by atoms with Crippen LogP contribution in [0.3, 0.4) is 0 Å². The van der Waals surface area contributed by atoms with E-state index in [1.807, 2.05) is 0 Å². The van der Waals surface area contributed by atoms with Crippen LogP contribution in [0.25, 0.3) is 0 Å². The largest absolute Gasteiger partial charge is 0.324 e. The minimum Gasteiger partial charge on any atom is -0.324 e. The van der Waals surface area contributed by atoms with Crippen molar-refractivity contribution in [2.24, 2.45) is 11.7 Å². The Morgan fingerprint density at radius 1 is 1.19 bits per heavy atom. The predicted molar refractivity (Wildman–Crippen MR) is 72.3 cm³/mol. The minimum atomic E-state index is 0.216. The number of benzene rings is 1. The lowest BCUT2D eigenvalue weighted by molar-refractivity contribution is 0.454. The third-order valence-electron chi connectivity index (χ3n) is 3.66. The van der Waals surface area contributed by atoms with Crippen molar-refractivity contribution in [3.05, 3.63) is 34.3 Å². The first-order valence-electron chi connectivity index (χ1n) is 6.27. The van der Waals surface area contributed by atoms with Crippen LogP contribution in [0, 0.1) is 5.92 Å². The number of hydrogen-bond acceptors (Lipinski definition) is 1. The van der Waals surface area contributed by atoms with E-state index in [0.717, 1.165) is 16.8 Å². The molecule has 1 nitrogen and oxygen atoms in total. The van der Waals surface area contributed by atoms with Crippen LogP contribution >= 0.6 is 15.9 Å². The summed E-state index contributed by atoms with van der Waals surface area (Å²) in [6.07, 6.45) is 8.14. The molecular weight excluding hydrogens is 262 g/mol. The summed E-state index contributed by atoms with van der Waals surface area (Å²) in [5, 5.41) is 0. The highest BCUT2D eigenvalue weighted by atomic mass is 79.9. The summed E-state index contributed by atoms with van der Waals surface area (Å²) in [6.45, 7) is 0. The van der Waals surface area contributed by atoms with E-state index in [1.54, 1.807) is 0 Å². The highest BCUT2D eigenvalue weighted by Crippen LogP contribution is 2.30. The normalized spacial score (nSPS) is 18.9. The molecule has 1 aromatic carbocycles. The van der Waals surface area contributed by atoms with Gasteiger partial charge in [0.1, 0.15) is 0 Å². The van der Waals surface area contributed by atoms with Crippen LogP contribution < -0.4 is 5.73 Å². The van der Waals surface area contributed by atoms with Crippen LogP contribution in [-0.2, 0) is 0 Å². The Balaban J connectivity index is 1.82. The van der Waals surface area contributed by atoms with Gasteiger partial charge in [0.2, 0.25) is 0 Å². The first kappa shape index (κ1) is 12.1. The van der Waals surface area contributed by atoms with E-state index in [2.05, 4.69) is 40.2 Å². The third kappa shape index (κ3) is 3.33. The zero-order chi connectivity index (χ0) is 11.4. The number of rotatable bonds is 4. The molecule has 0 heterocycles. The van der Waals surface area contributed by atoms with Crippen molar-refractivity contribution in [3.8, 4) is 0 Å². The van der Waals surface area contributed by atoms with Gasteiger partial charge in [0.05, 0.1) is 0 Å². The first-order valence-corrected chi connectivity index (χ1v) is 7.06. The van der Waals surface area contributed by atoms with Crippen LogP contribution in [0.4, 0.5) is 0 Å². The summed E-state index contributed by atoms with van der Waals surface area (Å²) in [5.41, 5.74) is 7.47. The molecule has 2 heteroatoms. The van der Waals surface area contributed by atoms with Crippen molar-refractivity contribution < 1.29 is 0 Å². The lowest BCUT2D eigenvalue weighted by Crippen LogP contribution is -2.11. The van der Waals surface area contributed by atoms with Crippen LogP contribution in [0.1, 0.15) is 50.1 Å².